The summed E-state index contributed by atoms with van der Waals surface area (Å²) in [5.41, 5.74) is 1.19. The molecule has 1 saturated heterocycles. The quantitative estimate of drug-likeness (QED) is 0.901. The first kappa shape index (κ1) is 15.1. The highest BCUT2D eigenvalue weighted by atomic mass is 35.5. The van der Waals surface area contributed by atoms with Crippen LogP contribution < -0.4 is 5.32 Å². The van der Waals surface area contributed by atoms with Crippen LogP contribution in [0.1, 0.15) is 12.5 Å². The molecule has 1 atom stereocenters. The Kier molecular flexibility index (Phi) is 6.04. The molecule has 0 amide bonds. The molecule has 1 fully saturated rings. The molecule has 0 radical (unpaired) electrons. The first-order valence-corrected chi connectivity index (χ1v) is 6.30. The van der Waals surface area contributed by atoms with Gasteiger partial charge in [-0.1, -0.05) is 23.2 Å². The summed E-state index contributed by atoms with van der Waals surface area (Å²) in [6.07, 6.45) is 0. The van der Waals surface area contributed by atoms with Crippen molar-refractivity contribution >= 4 is 35.6 Å². The zero-order valence-corrected chi connectivity index (χ0v) is 12.1. The summed E-state index contributed by atoms with van der Waals surface area (Å²) in [4.78, 5) is 2.44. The van der Waals surface area contributed by atoms with Gasteiger partial charge < -0.3 is 5.32 Å². The fourth-order valence-electron chi connectivity index (χ4n) is 2.05. The fourth-order valence-corrected chi connectivity index (χ4v) is 2.63. The Labute approximate surface area is 119 Å². The zero-order valence-electron chi connectivity index (χ0n) is 9.75. The maximum Gasteiger partial charge on any atom is 0.0424 e. The lowest BCUT2D eigenvalue weighted by molar-refractivity contribution is 0.165. The second-order valence-electron chi connectivity index (χ2n) is 4.30. The molecule has 0 aliphatic carbocycles. The molecular weight excluding hydrogens is 279 g/mol. The summed E-state index contributed by atoms with van der Waals surface area (Å²) in [7, 11) is 0. The normalized spacial score (nSPS) is 21.0. The monoisotopic (exact) mass is 294 g/mol. The van der Waals surface area contributed by atoms with Crippen molar-refractivity contribution in [1.29, 1.82) is 0 Å². The van der Waals surface area contributed by atoms with Gasteiger partial charge in [0.25, 0.3) is 0 Å². The van der Waals surface area contributed by atoms with Crippen molar-refractivity contribution in [3.8, 4) is 0 Å². The van der Waals surface area contributed by atoms with Gasteiger partial charge in [-0.05, 0) is 30.7 Å². The average Bonchev–Trinajstić information content (AvgIpc) is 2.20. The number of piperazine rings is 1. The van der Waals surface area contributed by atoms with E-state index in [1.807, 2.05) is 12.1 Å². The topological polar surface area (TPSA) is 15.3 Å². The summed E-state index contributed by atoms with van der Waals surface area (Å²) in [5.74, 6) is 0. The molecular formula is C12H17Cl3N2. The van der Waals surface area contributed by atoms with Gasteiger partial charge in [0.05, 0.1) is 0 Å². The Bertz CT molecular complexity index is 351. The van der Waals surface area contributed by atoms with E-state index in [0.29, 0.717) is 16.1 Å². The van der Waals surface area contributed by atoms with E-state index in [1.165, 1.54) is 5.56 Å². The van der Waals surface area contributed by atoms with Crippen LogP contribution in [0.4, 0.5) is 0 Å². The summed E-state index contributed by atoms with van der Waals surface area (Å²) < 4.78 is 0. The molecule has 0 spiro atoms. The van der Waals surface area contributed by atoms with Crippen LogP contribution >= 0.6 is 35.6 Å². The third kappa shape index (κ3) is 4.31. The van der Waals surface area contributed by atoms with Crippen LogP contribution in [-0.2, 0) is 6.54 Å². The van der Waals surface area contributed by atoms with Gasteiger partial charge in [0.15, 0.2) is 0 Å². The molecule has 1 unspecified atom stereocenters. The highest BCUT2D eigenvalue weighted by Crippen LogP contribution is 2.21. The number of halogens is 3. The molecule has 0 saturated carbocycles. The highest BCUT2D eigenvalue weighted by Gasteiger charge is 2.17. The summed E-state index contributed by atoms with van der Waals surface area (Å²) >= 11 is 12.0. The van der Waals surface area contributed by atoms with E-state index in [1.54, 1.807) is 6.07 Å². The Morgan fingerprint density at radius 2 is 1.94 bits per heavy atom. The molecule has 0 bridgehead atoms. The lowest BCUT2D eigenvalue weighted by Crippen LogP contribution is -2.49. The number of nitrogens with zero attached hydrogens (tertiary/aromatic N) is 1. The van der Waals surface area contributed by atoms with E-state index in [2.05, 4.69) is 17.1 Å². The van der Waals surface area contributed by atoms with Crippen LogP contribution in [0, 0.1) is 0 Å². The predicted molar refractivity (Wildman–Crippen MR) is 76.5 cm³/mol. The van der Waals surface area contributed by atoms with Crippen molar-refractivity contribution in [2.45, 2.75) is 19.5 Å². The predicted octanol–water partition coefficient (Wildman–Crippen LogP) is 3.21. The van der Waals surface area contributed by atoms with Gasteiger partial charge >= 0.3 is 0 Å². The number of benzene rings is 1. The molecule has 1 aliphatic rings. The van der Waals surface area contributed by atoms with Crippen molar-refractivity contribution in [2.75, 3.05) is 19.6 Å². The molecule has 5 heteroatoms. The lowest BCUT2D eigenvalue weighted by Gasteiger charge is -2.33. The van der Waals surface area contributed by atoms with Crippen molar-refractivity contribution in [1.82, 2.24) is 10.2 Å². The molecule has 17 heavy (non-hydrogen) atoms. The molecule has 96 valence electrons. The maximum absolute atomic E-state index is 5.99. The van der Waals surface area contributed by atoms with Gasteiger partial charge in [0, 0.05) is 42.3 Å². The molecule has 1 aliphatic heterocycles. The van der Waals surface area contributed by atoms with Crippen LogP contribution in [0.2, 0.25) is 10.0 Å². The van der Waals surface area contributed by atoms with E-state index in [-0.39, 0.29) is 12.4 Å². The largest absolute Gasteiger partial charge is 0.314 e. The van der Waals surface area contributed by atoms with Gasteiger partial charge in [-0.15, -0.1) is 12.4 Å². The third-order valence-corrected chi connectivity index (χ3v) is 3.38. The molecule has 2 rings (SSSR count). The first-order chi connectivity index (χ1) is 7.65. The smallest absolute Gasteiger partial charge is 0.0424 e. The Hall–Kier alpha value is 0.01000. The van der Waals surface area contributed by atoms with Gasteiger partial charge in [-0.2, -0.15) is 0 Å². The van der Waals surface area contributed by atoms with E-state index >= 15 is 0 Å². The maximum atomic E-state index is 5.99. The average molecular weight is 296 g/mol. The summed E-state index contributed by atoms with van der Waals surface area (Å²) in [5, 5.41) is 4.81. The third-order valence-electron chi connectivity index (χ3n) is 2.95. The van der Waals surface area contributed by atoms with Crippen molar-refractivity contribution in [2.24, 2.45) is 0 Å². The van der Waals surface area contributed by atoms with Crippen molar-refractivity contribution in [3.05, 3.63) is 33.8 Å². The second kappa shape index (κ2) is 6.81. The molecule has 1 aromatic carbocycles. The Balaban J connectivity index is 0.00000144. The minimum atomic E-state index is 0. The molecule has 0 aromatic heterocycles. The van der Waals surface area contributed by atoms with Crippen LogP contribution in [0.15, 0.2) is 18.2 Å². The van der Waals surface area contributed by atoms with Crippen molar-refractivity contribution in [3.63, 3.8) is 0 Å². The number of hydrogen-bond donors (Lipinski definition) is 1. The van der Waals surface area contributed by atoms with E-state index in [0.717, 1.165) is 26.2 Å². The minimum absolute atomic E-state index is 0. The molecule has 2 nitrogen and oxygen atoms in total. The van der Waals surface area contributed by atoms with Gasteiger partial charge in [-0.25, -0.2) is 0 Å². The van der Waals surface area contributed by atoms with Gasteiger partial charge in [-0.3, -0.25) is 4.90 Å². The number of nitrogens with one attached hydrogen (secondary N) is 1. The second-order valence-corrected chi connectivity index (χ2v) is 5.17. The van der Waals surface area contributed by atoms with Crippen LogP contribution in [0.25, 0.3) is 0 Å². The number of hydrogen-bond acceptors (Lipinski definition) is 2. The molecule has 1 aromatic rings. The minimum Gasteiger partial charge on any atom is -0.314 e. The summed E-state index contributed by atoms with van der Waals surface area (Å²) in [6, 6.07) is 6.31. The Morgan fingerprint density at radius 1 is 1.29 bits per heavy atom. The Morgan fingerprint density at radius 3 is 2.53 bits per heavy atom. The highest BCUT2D eigenvalue weighted by molar-refractivity contribution is 6.34. The standard InChI is InChI=1S/C12H16Cl2N2.ClH/c1-9-7-15-2-3-16(9)8-10-4-11(13)6-12(14)5-10;/h4-6,9,15H,2-3,7-8H2,1H3;1H. The van der Waals surface area contributed by atoms with Crippen molar-refractivity contribution < 1.29 is 0 Å². The molecule has 1 heterocycles. The van der Waals surface area contributed by atoms with Crippen LogP contribution in [-0.4, -0.2) is 30.6 Å². The van der Waals surface area contributed by atoms with Gasteiger partial charge in [0.1, 0.15) is 0 Å². The van der Waals surface area contributed by atoms with Crippen LogP contribution in [0.3, 0.4) is 0 Å². The fraction of sp³-hybridized carbons (Fsp3) is 0.500. The van der Waals surface area contributed by atoms with Crippen LogP contribution in [0.5, 0.6) is 0 Å². The van der Waals surface area contributed by atoms with E-state index < -0.39 is 0 Å². The number of rotatable bonds is 2. The van der Waals surface area contributed by atoms with Gasteiger partial charge in [0.2, 0.25) is 0 Å². The van der Waals surface area contributed by atoms with E-state index in [4.69, 9.17) is 23.2 Å². The first-order valence-electron chi connectivity index (χ1n) is 5.55. The SMILES string of the molecule is CC1CNCCN1Cc1cc(Cl)cc(Cl)c1.Cl. The summed E-state index contributed by atoms with van der Waals surface area (Å²) in [6.45, 7) is 6.33. The molecule has 1 N–H and O–H groups in total. The van der Waals surface area contributed by atoms with E-state index in [9.17, 15) is 0 Å². The zero-order chi connectivity index (χ0) is 11.5. The lowest BCUT2D eigenvalue weighted by atomic mass is 10.1.